The van der Waals surface area contributed by atoms with E-state index in [9.17, 15) is 9.90 Å². The Hall–Kier alpha value is -1.74. The minimum Gasteiger partial charge on any atom is -0.506 e. The molecule has 0 aliphatic heterocycles. The van der Waals surface area contributed by atoms with Crippen molar-refractivity contribution >= 4 is 34.0 Å². The van der Waals surface area contributed by atoms with Crippen molar-refractivity contribution in [3.05, 3.63) is 35.4 Å². The van der Waals surface area contributed by atoms with Gasteiger partial charge in [0.25, 0.3) is 0 Å². The number of carbonyl (C=O) groups excluding carboxylic acids is 1. The SMILES string of the molecule is CCC(=O)Nc1ccc2cc(O)c(Cl)cc2c1. The zero-order chi connectivity index (χ0) is 12.4. The average molecular weight is 250 g/mol. The summed E-state index contributed by atoms with van der Waals surface area (Å²) in [6, 6.07) is 8.73. The van der Waals surface area contributed by atoms with Gasteiger partial charge in [-0.25, -0.2) is 0 Å². The predicted molar refractivity (Wildman–Crippen MR) is 69.5 cm³/mol. The lowest BCUT2D eigenvalue weighted by atomic mass is 10.1. The first-order valence-electron chi connectivity index (χ1n) is 5.32. The van der Waals surface area contributed by atoms with Gasteiger partial charge in [0.1, 0.15) is 5.75 Å². The average Bonchev–Trinajstić information content (AvgIpc) is 2.31. The maximum Gasteiger partial charge on any atom is 0.224 e. The van der Waals surface area contributed by atoms with Crippen molar-refractivity contribution in [2.45, 2.75) is 13.3 Å². The number of amides is 1. The Morgan fingerprint density at radius 3 is 2.76 bits per heavy atom. The zero-order valence-corrected chi connectivity index (χ0v) is 10.1. The van der Waals surface area contributed by atoms with Crippen molar-refractivity contribution in [2.75, 3.05) is 5.32 Å². The van der Waals surface area contributed by atoms with Gasteiger partial charge in [-0.1, -0.05) is 24.6 Å². The van der Waals surface area contributed by atoms with E-state index in [0.717, 1.165) is 16.5 Å². The first kappa shape index (κ1) is 11.7. The number of carbonyl (C=O) groups is 1. The van der Waals surface area contributed by atoms with E-state index in [4.69, 9.17) is 11.6 Å². The van der Waals surface area contributed by atoms with Gasteiger partial charge in [0.15, 0.2) is 0 Å². The number of nitrogens with one attached hydrogen (secondary N) is 1. The minimum atomic E-state index is -0.0331. The molecular weight excluding hydrogens is 238 g/mol. The minimum absolute atomic E-state index is 0.0331. The van der Waals surface area contributed by atoms with E-state index in [0.29, 0.717) is 11.4 Å². The van der Waals surface area contributed by atoms with Crippen LogP contribution in [0.15, 0.2) is 30.3 Å². The molecule has 0 aliphatic rings. The number of aromatic hydroxyl groups is 1. The van der Waals surface area contributed by atoms with Gasteiger partial charge in [-0.3, -0.25) is 4.79 Å². The van der Waals surface area contributed by atoms with Gasteiger partial charge < -0.3 is 10.4 Å². The van der Waals surface area contributed by atoms with E-state index in [1.165, 1.54) is 0 Å². The number of hydrogen-bond donors (Lipinski definition) is 2. The number of anilines is 1. The van der Waals surface area contributed by atoms with Crippen molar-refractivity contribution < 1.29 is 9.90 Å². The number of phenols is 1. The Labute approximate surface area is 104 Å². The summed E-state index contributed by atoms with van der Waals surface area (Å²) in [6.07, 6.45) is 0.439. The normalized spacial score (nSPS) is 10.5. The maximum atomic E-state index is 11.3. The Morgan fingerprint density at radius 2 is 2.06 bits per heavy atom. The third kappa shape index (κ3) is 2.50. The molecule has 0 spiro atoms. The van der Waals surface area contributed by atoms with Crippen LogP contribution >= 0.6 is 11.6 Å². The fraction of sp³-hybridized carbons (Fsp3) is 0.154. The first-order valence-corrected chi connectivity index (χ1v) is 5.70. The molecule has 2 rings (SSSR count). The first-order chi connectivity index (χ1) is 8.10. The Balaban J connectivity index is 2.43. The Kier molecular flexibility index (Phi) is 3.20. The highest BCUT2D eigenvalue weighted by Gasteiger charge is 2.04. The van der Waals surface area contributed by atoms with Crippen LogP contribution in [0, 0.1) is 0 Å². The van der Waals surface area contributed by atoms with Gasteiger partial charge in [-0.15, -0.1) is 0 Å². The molecule has 17 heavy (non-hydrogen) atoms. The molecule has 0 heterocycles. The molecule has 0 atom stereocenters. The lowest BCUT2D eigenvalue weighted by molar-refractivity contribution is -0.115. The van der Waals surface area contributed by atoms with Crippen molar-refractivity contribution in [2.24, 2.45) is 0 Å². The molecule has 88 valence electrons. The summed E-state index contributed by atoms with van der Waals surface area (Å²) in [4.78, 5) is 11.3. The van der Waals surface area contributed by atoms with Gasteiger partial charge >= 0.3 is 0 Å². The molecule has 1 amide bonds. The van der Waals surface area contributed by atoms with Crippen LogP contribution in [0.1, 0.15) is 13.3 Å². The highest BCUT2D eigenvalue weighted by molar-refractivity contribution is 6.32. The van der Waals surface area contributed by atoms with E-state index in [2.05, 4.69) is 5.32 Å². The van der Waals surface area contributed by atoms with Crippen LogP contribution in [0.5, 0.6) is 5.75 Å². The molecule has 2 N–H and O–H groups in total. The predicted octanol–water partition coefficient (Wildman–Crippen LogP) is 3.55. The summed E-state index contributed by atoms with van der Waals surface area (Å²) in [5, 5.41) is 14.3. The molecule has 0 radical (unpaired) electrons. The summed E-state index contributed by atoms with van der Waals surface area (Å²) in [7, 11) is 0. The second kappa shape index (κ2) is 4.63. The van der Waals surface area contributed by atoms with Crippen LogP contribution in [0.2, 0.25) is 5.02 Å². The molecule has 0 fully saturated rings. The topological polar surface area (TPSA) is 49.3 Å². The smallest absolute Gasteiger partial charge is 0.224 e. The third-order valence-electron chi connectivity index (χ3n) is 2.51. The summed E-state index contributed by atoms with van der Waals surface area (Å²) < 4.78 is 0. The molecule has 0 aromatic heterocycles. The molecule has 3 nitrogen and oxygen atoms in total. The quantitative estimate of drug-likeness (QED) is 0.855. The molecule has 2 aromatic carbocycles. The van der Waals surface area contributed by atoms with Crippen LogP contribution < -0.4 is 5.32 Å². The summed E-state index contributed by atoms with van der Waals surface area (Å²) in [6.45, 7) is 1.80. The number of fused-ring (bicyclic) bond motifs is 1. The maximum absolute atomic E-state index is 11.3. The monoisotopic (exact) mass is 249 g/mol. The second-order valence-corrected chi connectivity index (χ2v) is 4.17. The fourth-order valence-electron chi connectivity index (χ4n) is 1.59. The van der Waals surface area contributed by atoms with Crippen LogP contribution in [0.25, 0.3) is 10.8 Å². The highest BCUT2D eigenvalue weighted by atomic mass is 35.5. The number of halogens is 1. The van der Waals surface area contributed by atoms with Crippen molar-refractivity contribution in [3.63, 3.8) is 0 Å². The number of rotatable bonds is 2. The molecule has 2 aromatic rings. The van der Waals surface area contributed by atoms with Gasteiger partial charge in [0, 0.05) is 12.1 Å². The molecule has 0 saturated carbocycles. The Morgan fingerprint density at radius 1 is 1.29 bits per heavy atom. The zero-order valence-electron chi connectivity index (χ0n) is 9.33. The second-order valence-electron chi connectivity index (χ2n) is 3.77. The van der Waals surface area contributed by atoms with Gasteiger partial charge in [-0.2, -0.15) is 0 Å². The van der Waals surface area contributed by atoms with E-state index in [-0.39, 0.29) is 11.7 Å². The highest BCUT2D eigenvalue weighted by Crippen LogP contribution is 2.30. The summed E-state index contributed by atoms with van der Waals surface area (Å²) >= 11 is 5.84. The summed E-state index contributed by atoms with van der Waals surface area (Å²) in [5.74, 6) is 0.0266. The van der Waals surface area contributed by atoms with E-state index < -0.39 is 0 Å². The molecule has 4 heteroatoms. The van der Waals surface area contributed by atoms with Crippen LogP contribution in [0.4, 0.5) is 5.69 Å². The van der Waals surface area contributed by atoms with Crippen molar-refractivity contribution in [1.29, 1.82) is 0 Å². The number of benzene rings is 2. The molecule has 0 saturated heterocycles. The fourth-order valence-corrected chi connectivity index (χ4v) is 1.76. The van der Waals surface area contributed by atoms with E-state index in [1.807, 2.05) is 12.1 Å². The van der Waals surface area contributed by atoms with Gasteiger partial charge in [0.05, 0.1) is 5.02 Å². The molecule has 0 unspecified atom stereocenters. The van der Waals surface area contributed by atoms with Crippen molar-refractivity contribution in [3.8, 4) is 5.75 Å². The largest absolute Gasteiger partial charge is 0.506 e. The molecular formula is C13H12ClNO2. The summed E-state index contributed by atoms with van der Waals surface area (Å²) in [5.41, 5.74) is 0.728. The lowest BCUT2D eigenvalue weighted by Gasteiger charge is -2.06. The molecule has 0 aliphatic carbocycles. The van der Waals surface area contributed by atoms with Crippen LogP contribution in [-0.2, 0) is 4.79 Å². The lowest BCUT2D eigenvalue weighted by Crippen LogP contribution is -2.09. The van der Waals surface area contributed by atoms with Crippen LogP contribution in [0.3, 0.4) is 0 Å². The number of hydrogen-bond acceptors (Lipinski definition) is 2. The third-order valence-corrected chi connectivity index (χ3v) is 2.81. The van der Waals surface area contributed by atoms with E-state index in [1.54, 1.807) is 25.1 Å². The van der Waals surface area contributed by atoms with E-state index >= 15 is 0 Å². The van der Waals surface area contributed by atoms with Crippen LogP contribution in [-0.4, -0.2) is 11.0 Å². The van der Waals surface area contributed by atoms with Gasteiger partial charge in [0.2, 0.25) is 5.91 Å². The molecule has 0 bridgehead atoms. The van der Waals surface area contributed by atoms with Gasteiger partial charge in [-0.05, 0) is 35.0 Å². The Bertz CT molecular complexity index is 581. The standard InChI is InChI=1S/C13H12ClNO2/c1-2-13(17)15-10-4-3-8-7-12(16)11(14)6-9(8)5-10/h3-7,16H,2H2,1H3,(H,15,17). The number of phenolic OH excluding ortho intramolecular Hbond substituents is 1. The van der Waals surface area contributed by atoms with Crippen molar-refractivity contribution in [1.82, 2.24) is 0 Å².